The summed E-state index contributed by atoms with van der Waals surface area (Å²) >= 11 is 0. The molecule has 4 nitrogen and oxygen atoms in total. The maximum absolute atomic E-state index is 6.20. The molecular weight excluding hydrogens is 260 g/mol. The highest BCUT2D eigenvalue weighted by molar-refractivity contribution is 5.75. The molecule has 0 aliphatic heterocycles. The predicted molar refractivity (Wildman–Crippen MR) is 84.2 cm³/mol. The Morgan fingerprint density at radius 1 is 1.14 bits per heavy atom. The molecule has 106 valence electrons. The van der Waals surface area contributed by atoms with Crippen LogP contribution < -0.4 is 5.73 Å². The summed E-state index contributed by atoms with van der Waals surface area (Å²) in [5.41, 5.74) is 11.7. The van der Waals surface area contributed by atoms with Crippen LogP contribution in [0, 0.1) is 6.92 Å². The first-order valence-corrected chi connectivity index (χ1v) is 7.43. The minimum absolute atomic E-state index is 0.245. The molecule has 0 saturated heterocycles. The van der Waals surface area contributed by atoms with E-state index in [1.54, 1.807) is 0 Å². The third kappa shape index (κ3) is 1.90. The second kappa shape index (κ2) is 4.58. The zero-order chi connectivity index (χ0) is 14.4. The molecule has 2 N–H and O–H groups in total. The van der Waals surface area contributed by atoms with Crippen LogP contribution in [-0.4, -0.2) is 14.5 Å². The molecule has 0 radical (unpaired) electrons. The molecule has 1 aliphatic carbocycles. The molecule has 0 saturated carbocycles. The van der Waals surface area contributed by atoms with Crippen molar-refractivity contribution >= 4 is 17.1 Å². The summed E-state index contributed by atoms with van der Waals surface area (Å²) in [7, 11) is 0. The Hall–Kier alpha value is -2.36. The van der Waals surface area contributed by atoms with Crippen LogP contribution in [0.2, 0.25) is 0 Å². The molecule has 4 rings (SSSR count). The van der Waals surface area contributed by atoms with Gasteiger partial charge in [-0.15, -0.1) is 0 Å². The van der Waals surface area contributed by atoms with E-state index in [1.807, 2.05) is 19.1 Å². The Balaban J connectivity index is 1.95. The van der Waals surface area contributed by atoms with E-state index in [9.17, 15) is 0 Å². The normalized spacial score (nSPS) is 17.9. The number of hydrogen-bond acceptors (Lipinski definition) is 3. The van der Waals surface area contributed by atoms with Gasteiger partial charge in [0.1, 0.15) is 5.52 Å². The van der Waals surface area contributed by atoms with Crippen LogP contribution >= 0.6 is 0 Å². The topological polar surface area (TPSA) is 56.7 Å². The summed E-state index contributed by atoms with van der Waals surface area (Å²) < 4.78 is 2.11. The smallest absolute Gasteiger partial charge is 0.203 e. The first-order chi connectivity index (χ1) is 10.2. The van der Waals surface area contributed by atoms with Crippen molar-refractivity contribution in [3.63, 3.8) is 0 Å². The fourth-order valence-corrected chi connectivity index (χ4v) is 3.39. The van der Waals surface area contributed by atoms with Crippen LogP contribution in [0.5, 0.6) is 0 Å². The Bertz CT molecular complexity index is 819. The van der Waals surface area contributed by atoms with Gasteiger partial charge in [0.2, 0.25) is 5.95 Å². The largest absolute Gasteiger partial charge is 0.369 e. The number of anilines is 1. The third-order valence-electron chi connectivity index (χ3n) is 4.35. The fourth-order valence-electron chi connectivity index (χ4n) is 3.39. The Morgan fingerprint density at radius 2 is 2.00 bits per heavy atom. The molecule has 2 heterocycles. The van der Waals surface area contributed by atoms with E-state index in [1.165, 1.54) is 17.5 Å². The summed E-state index contributed by atoms with van der Waals surface area (Å²) in [6.45, 7) is 2.00. The molecule has 2 aromatic heterocycles. The average molecular weight is 278 g/mol. The van der Waals surface area contributed by atoms with Gasteiger partial charge in [0, 0.05) is 5.69 Å². The second-order valence-corrected chi connectivity index (χ2v) is 5.74. The summed E-state index contributed by atoms with van der Waals surface area (Å²) in [6.07, 6.45) is 3.40. The quantitative estimate of drug-likeness (QED) is 0.743. The number of aromatic nitrogens is 3. The zero-order valence-electron chi connectivity index (χ0n) is 12.1. The molecule has 21 heavy (non-hydrogen) atoms. The van der Waals surface area contributed by atoms with Gasteiger partial charge in [-0.05, 0) is 49.4 Å². The molecule has 4 heteroatoms. The number of hydrogen-bond donors (Lipinski definition) is 1. The summed E-state index contributed by atoms with van der Waals surface area (Å²) in [4.78, 5) is 9.15. The number of imidazole rings is 1. The van der Waals surface area contributed by atoms with Gasteiger partial charge < -0.3 is 5.73 Å². The van der Waals surface area contributed by atoms with Gasteiger partial charge in [0.15, 0.2) is 5.65 Å². The van der Waals surface area contributed by atoms with Crippen LogP contribution in [0.3, 0.4) is 0 Å². The van der Waals surface area contributed by atoms with Gasteiger partial charge in [0.25, 0.3) is 0 Å². The van der Waals surface area contributed by atoms with Crippen LogP contribution in [0.15, 0.2) is 36.4 Å². The van der Waals surface area contributed by atoms with Crippen molar-refractivity contribution in [2.45, 2.75) is 32.2 Å². The number of fused-ring (bicyclic) bond motifs is 2. The van der Waals surface area contributed by atoms with Crippen molar-refractivity contribution in [3.8, 4) is 0 Å². The van der Waals surface area contributed by atoms with Crippen LogP contribution in [0.25, 0.3) is 11.2 Å². The highest BCUT2D eigenvalue weighted by Gasteiger charge is 2.25. The van der Waals surface area contributed by atoms with Crippen LogP contribution in [0.4, 0.5) is 5.95 Å². The lowest BCUT2D eigenvalue weighted by Crippen LogP contribution is -2.19. The lowest BCUT2D eigenvalue weighted by atomic mass is 9.87. The van der Waals surface area contributed by atoms with Crippen molar-refractivity contribution in [3.05, 3.63) is 53.2 Å². The number of nitrogen functional groups attached to an aromatic ring is 1. The van der Waals surface area contributed by atoms with E-state index < -0.39 is 0 Å². The van der Waals surface area contributed by atoms with Gasteiger partial charge in [-0.25, -0.2) is 9.97 Å². The van der Waals surface area contributed by atoms with E-state index in [4.69, 9.17) is 5.73 Å². The molecule has 1 aliphatic rings. The molecule has 1 aromatic carbocycles. The number of nitrogens with zero attached hydrogens (tertiary/aromatic N) is 3. The van der Waals surface area contributed by atoms with Crippen molar-refractivity contribution in [2.75, 3.05) is 5.73 Å². The molecule has 0 bridgehead atoms. The molecule has 1 unspecified atom stereocenters. The highest BCUT2D eigenvalue weighted by atomic mass is 15.2. The third-order valence-corrected chi connectivity index (χ3v) is 4.35. The predicted octanol–water partition coefficient (Wildman–Crippen LogP) is 3.25. The number of rotatable bonds is 1. The lowest BCUT2D eigenvalue weighted by Gasteiger charge is -2.27. The van der Waals surface area contributed by atoms with E-state index >= 15 is 0 Å². The molecule has 0 fully saturated rings. The van der Waals surface area contributed by atoms with Gasteiger partial charge >= 0.3 is 0 Å². The number of pyridine rings is 1. The van der Waals surface area contributed by atoms with Gasteiger partial charge in [-0.3, -0.25) is 4.57 Å². The average Bonchev–Trinajstić information content (AvgIpc) is 2.82. The molecule has 0 spiro atoms. The summed E-state index contributed by atoms with van der Waals surface area (Å²) in [5.74, 6) is 0.560. The van der Waals surface area contributed by atoms with Crippen molar-refractivity contribution < 1.29 is 0 Å². The molecule has 0 amide bonds. The second-order valence-electron chi connectivity index (χ2n) is 5.74. The van der Waals surface area contributed by atoms with Crippen molar-refractivity contribution in [1.82, 2.24) is 14.5 Å². The summed E-state index contributed by atoms with van der Waals surface area (Å²) in [5, 5.41) is 0. The van der Waals surface area contributed by atoms with E-state index in [0.29, 0.717) is 5.95 Å². The van der Waals surface area contributed by atoms with E-state index in [0.717, 1.165) is 29.7 Å². The van der Waals surface area contributed by atoms with Gasteiger partial charge in [-0.1, -0.05) is 24.3 Å². The minimum Gasteiger partial charge on any atom is -0.369 e. The lowest BCUT2D eigenvalue weighted by molar-refractivity contribution is 0.502. The van der Waals surface area contributed by atoms with Crippen molar-refractivity contribution in [1.29, 1.82) is 0 Å². The minimum atomic E-state index is 0.245. The Morgan fingerprint density at radius 3 is 2.90 bits per heavy atom. The Kier molecular flexibility index (Phi) is 2.70. The maximum atomic E-state index is 6.20. The maximum Gasteiger partial charge on any atom is 0.203 e. The first-order valence-electron chi connectivity index (χ1n) is 7.43. The molecular formula is C17H18N4. The fraction of sp³-hybridized carbons (Fsp3) is 0.294. The molecule has 1 atom stereocenters. The highest BCUT2D eigenvalue weighted by Crippen LogP contribution is 2.36. The van der Waals surface area contributed by atoms with Crippen molar-refractivity contribution in [2.24, 2.45) is 0 Å². The number of aryl methyl sites for hydroxylation is 2. The van der Waals surface area contributed by atoms with Gasteiger partial charge in [-0.2, -0.15) is 0 Å². The van der Waals surface area contributed by atoms with E-state index in [-0.39, 0.29) is 6.04 Å². The first kappa shape index (κ1) is 12.4. The van der Waals surface area contributed by atoms with Crippen LogP contribution in [0.1, 0.15) is 35.7 Å². The summed E-state index contributed by atoms with van der Waals surface area (Å²) in [6, 6.07) is 12.9. The SMILES string of the molecule is Cc1ccc2nc(N)n(C3CCCc4ccccc43)c2n1. The monoisotopic (exact) mass is 278 g/mol. The van der Waals surface area contributed by atoms with E-state index in [2.05, 4.69) is 38.8 Å². The zero-order valence-corrected chi connectivity index (χ0v) is 12.1. The molecule has 3 aromatic rings. The Labute approximate surface area is 123 Å². The number of benzene rings is 1. The standard InChI is InChI=1S/C17H18N4/c1-11-9-10-14-16(19-11)21(17(18)20-14)15-8-4-6-12-5-2-3-7-13(12)15/h2-3,5,7,9-10,15H,4,6,8H2,1H3,(H2,18,20). The van der Waals surface area contributed by atoms with Crippen LogP contribution in [-0.2, 0) is 6.42 Å². The van der Waals surface area contributed by atoms with Gasteiger partial charge in [0.05, 0.1) is 6.04 Å². The number of nitrogens with two attached hydrogens (primary N) is 1.